The van der Waals surface area contributed by atoms with Gasteiger partial charge in [0, 0.05) is 26.7 Å². The topological polar surface area (TPSA) is 15.8 Å². The van der Waals surface area contributed by atoms with Gasteiger partial charge in [-0.2, -0.15) is 0 Å². The van der Waals surface area contributed by atoms with Crippen LogP contribution in [0.25, 0.3) is 27.4 Å². The molecule has 0 aliphatic carbocycles. The third-order valence-electron chi connectivity index (χ3n) is 3.66. The van der Waals surface area contributed by atoms with Crippen molar-refractivity contribution in [2.75, 3.05) is 6.26 Å². The normalized spacial score (nSPS) is 12.0. The summed E-state index contributed by atoms with van der Waals surface area (Å²) in [5, 5.41) is 2.55. The van der Waals surface area contributed by atoms with Crippen molar-refractivity contribution in [1.29, 1.82) is 0 Å². The third-order valence-corrected chi connectivity index (χ3v) is 4.49. The Kier molecular flexibility index (Phi) is 3.72. The van der Waals surface area contributed by atoms with Gasteiger partial charge in [0.15, 0.2) is 0 Å². The van der Waals surface area contributed by atoms with Gasteiger partial charge in [0.1, 0.15) is 0 Å². The van der Waals surface area contributed by atoms with E-state index >= 15 is 0 Å². The van der Waals surface area contributed by atoms with E-state index in [1.165, 1.54) is 32.3 Å². The Balaban J connectivity index is 2.43. The number of rotatable bonds is 4. The van der Waals surface area contributed by atoms with Gasteiger partial charge in [-0.3, -0.25) is 0 Å². The standard InChI is InChI=1S/C19H17NS/c1-4-8-13(5-2)14-11-12-17-18(19(14)21-3)15-9-6-7-10-16(15)20-17/h4-12,20H,1-2H2,3H3/b13-8+. The van der Waals surface area contributed by atoms with Crippen LogP contribution >= 0.6 is 11.8 Å². The number of benzene rings is 2. The van der Waals surface area contributed by atoms with Crippen molar-refractivity contribution in [1.82, 2.24) is 4.98 Å². The highest BCUT2D eigenvalue weighted by Gasteiger charge is 2.13. The van der Waals surface area contributed by atoms with Crippen LogP contribution in [0.15, 0.2) is 72.7 Å². The lowest BCUT2D eigenvalue weighted by Gasteiger charge is -2.10. The second-order valence-electron chi connectivity index (χ2n) is 4.80. The quantitative estimate of drug-likeness (QED) is 0.474. The van der Waals surface area contributed by atoms with Gasteiger partial charge in [0.2, 0.25) is 0 Å². The molecule has 0 bridgehead atoms. The lowest BCUT2D eigenvalue weighted by Crippen LogP contribution is -1.86. The van der Waals surface area contributed by atoms with Crippen molar-refractivity contribution < 1.29 is 0 Å². The van der Waals surface area contributed by atoms with Gasteiger partial charge in [-0.15, -0.1) is 11.8 Å². The summed E-state index contributed by atoms with van der Waals surface area (Å²) in [6.45, 7) is 7.72. The maximum Gasteiger partial charge on any atom is 0.0476 e. The molecule has 104 valence electrons. The van der Waals surface area contributed by atoms with Gasteiger partial charge >= 0.3 is 0 Å². The first-order valence-corrected chi connectivity index (χ1v) is 8.05. The molecular formula is C19H17NS. The summed E-state index contributed by atoms with van der Waals surface area (Å²) in [6, 6.07) is 12.7. The van der Waals surface area contributed by atoms with E-state index < -0.39 is 0 Å². The monoisotopic (exact) mass is 291 g/mol. The fourth-order valence-corrected chi connectivity index (χ4v) is 3.57. The highest BCUT2D eigenvalue weighted by molar-refractivity contribution is 7.99. The predicted molar refractivity (Wildman–Crippen MR) is 96.0 cm³/mol. The maximum atomic E-state index is 3.93. The SMILES string of the molecule is C=C/C=C(\C=C)c1ccc2[nH]c3ccccc3c2c1SC. The van der Waals surface area contributed by atoms with Crippen LogP contribution < -0.4 is 0 Å². The van der Waals surface area contributed by atoms with Gasteiger partial charge in [-0.25, -0.2) is 0 Å². The van der Waals surface area contributed by atoms with Crippen molar-refractivity contribution in [3.05, 3.63) is 73.3 Å². The van der Waals surface area contributed by atoms with E-state index in [-0.39, 0.29) is 0 Å². The molecule has 0 atom stereocenters. The van der Waals surface area contributed by atoms with E-state index in [4.69, 9.17) is 0 Å². The molecule has 1 N–H and O–H groups in total. The van der Waals surface area contributed by atoms with Crippen molar-refractivity contribution >= 4 is 39.1 Å². The Bertz CT molecular complexity index is 868. The predicted octanol–water partition coefficient (Wildman–Crippen LogP) is 5.80. The summed E-state index contributed by atoms with van der Waals surface area (Å²) < 4.78 is 0. The van der Waals surface area contributed by atoms with Crippen LogP contribution in [-0.4, -0.2) is 11.2 Å². The molecule has 2 heteroatoms. The smallest absolute Gasteiger partial charge is 0.0476 e. The molecule has 3 aromatic rings. The maximum absolute atomic E-state index is 3.93. The highest BCUT2D eigenvalue weighted by Crippen LogP contribution is 2.38. The van der Waals surface area contributed by atoms with Gasteiger partial charge in [-0.1, -0.05) is 55.7 Å². The second-order valence-corrected chi connectivity index (χ2v) is 5.62. The Morgan fingerprint density at radius 2 is 1.90 bits per heavy atom. The zero-order chi connectivity index (χ0) is 14.8. The molecule has 1 nitrogen and oxygen atoms in total. The fourth-order valence-electron chi connectivity index (χ4n) is 2.74. The van der Waals surface area contributed by atoms with Crippen LogP contribution in [0, 0.1) is 0 Å². The highest BCUT2D eigenvalue weighted by atomic mass is 32.2. The van der Waals surface area contributed by atoms with E-state index in [1.54, 1.807) is 17.8 Å². The molecule has 1 aromatic heterocycles. The summed E-state index contributed by atoms with van der Waals surface area (Å²) in [5.74, 6) is 0. The number of aromatic amines is 1. The number of nitrogens with one attached hydrogen (secondary N) is 1. The molecule has 0 radical (unpaired) electrons. The van der Waals surface area contributed by atoms with Crippen LogP contribution in [0.2, 0.25) is 0 Å². The molecule has 0 aliphatic heterocycles. The van der Waals surface area contributed by atoms with Crippen molar-refractivity contribution in [3.8, 4) is 0 Å². The first-order valence-electron chi connectivity index (χ1n) is 6.83. The molecule has 21 heavy (non-hydrogen) atoms. The minimum absolute atomic E-state index is 1.10. The van der Waals surface area contributed by atoms with Gasteiger partial charge in [-0.05, 0) is 29.5 Å². The first kappa shape index (κ1) is 13.8. The number of allylic oxidation sites excluding steroid dienone is 4. The number of H-pyrrole nitrogens is 1. The average molecular weight is 291 g/mol. The molecule has 2 aromatic carbocycles. The van der Waals surface area contributed by atoms with E-state index in [2.05, 4.69) is 60.8 Å². The lowest BCUT2D eigenvalue weighted by molar-refractivity contribution is 1.46. The number of hydrogen-bond acceptors (Lipinski definition) is 1. The summed E-state index contributed by atoms with van der Waals surface area (Å²) in [5.41, 5.74) is 4.65. The molecule has 0 saturated carbocycles. The van der Waals surface area contributed by atoms with Crippen LogP contribution in [0.4, 0.5) is 0 Å². The third kappa shape index (κ3) is 2.22. The number of thioether (sulfide) groups is 1. The molecular weight excluding hydrogens is 274 g/mol. The van der Waals surface area contributed by atoms with Crippen LogP contribution in [0.5, 0.6) is 0 Å². The van der Waals surface area contributed by atoms with Crippen LogP contribution in [0.1, 0.15) is 5.56 Å². The number of fused-ring (bicyclic) bond motifs is 3. The minimum atomic E-state index is 1.10. The van der Waals surface area contributed by atoms with Crippen molar-refractivity contribution in [2.24, 2.45) is 0 Å². The van der Waals surface area contributed by atoms with Crippen molar-refractivity contribution in [2.45, 2.75) is 4.90 Å². The van der Waals surface area contributed by atoms with E-state index in [9.17, 15) is 0 Å². The summed E-state index contributed by atoms with van der Waals surface area (Å²) in [6.07, 6.45) is 7.81. The van der Waals surface area contributed by atoms with Gasteiger partial charge in [0.05, 0.1) is 0 Å². The fraction of sp³-hybridized carbons (Fsp3) is 0.0526. The molecule has 0 unspecified atom stereocenters. The van der Waals surface area contributed by atoms with Gasteiger partial charge in [0.25, 0.3) is 0 Å². The number of para-hydroxylation sites is 1. The second kappa shape index (κ2) is 5.66. The molecule has 0 amide bonds. The molecule has 3 rings (SSSR count). The van der Waals surface area contributed by atoms with Crippen LogP contribution in [0.3, 0.4) is 0 Å². The van der Waals surface area contributed by atoms with E-state index in [0.717, 1.165) is 5.57 Å². The first-order chi connectivity index (χ1) is 10.3. The minimum Gasteiger partial charge on any atom is -0.354 e. The summed E-state index contributed by atoms with van der Waals surface area (Å²) in [4.78, 5) is 4.77. The number of aromatic nitrogens is 1. The Labute approximate surface area is 129 Å². The van der Waals surface area contributed by atoms with Gasteiger partial charge < -0.3 is 4.98 Å². The zero-order valence-corrected chi connectivity index (χ0v) is 12.8. The zero-order valence-electron chi connectivity index (χ0n) is 12.0. The molecule has 0 saturated heterocycles. The van der Waals surface area contributed by atoms with E-state index in [0.29, 0.717) is 0 Å². The molecule has 0 aliphatic rings. The lowest BCUT2D eigenvalue weighted by atomic mass is 10.0. The Morgan fingerprint density at radius 3 is 2.62 bits per heavy atom. The van der Waals surface area contributed by atoms with E-state index in [1.807, 2.05) is 12.2 Å². The molecule has 1 heterocycles. The van der Waals surface area contributed by atoms with Crippen LogP contribution in [-0.2, 0) is 0 Å². The summed E-state index contributed by atoms with van der Waals surface area (Å²) in [7, 11) is 0. The van der Waals surface area contributed by atoms with Crippen molar-refractivity contribution in [3.63, 3.8) is 0 Å². The molecule has 0 fully saturated rings. The number of hydrogen-bond donors (Lipinski definition) is 1. The summed E-state index contributed by atoms with van der Waals surface area (Å²) >= 11 is 1.77. The molecule has 0 spiro atoms. The average Bonchev–Trinajstić information content (AvgIpc) is 2.90. The Morgan fingerprint density at radius 1 is 1.10 bits per heavy atom. The Hall–Kier alpha value is -2.19. The largest absolute Gasteiger partial charge is 0.354 e.